The van der Waals surface area contributed by atoms with E-state index >= 15 is 0 Å². The fourth-order valence-electron chi connectivity index (χ4n) is 3.38. The first-order chi connectivity index (χ1) is 15.5. The van der Waals surface area contributed by atoms with Gasteiger partial charge in [0, 0.05) is 29.5 Å². The summed E-state index contributed by atoms with van der Waals surface area (Å²) >= 11 is 0. The summed E-state index contributed by atoms with van der Waals surface area (Å²) in [5.74, 6) is 1.88. The molecule has 32 heavy (non-hydrogen) atoms. The minimum atomic E-state index is -0.231. The summed E-state index contributed by atoms with van der Waals surface area (Å²) in [5, 5.41) is 7.81. The third kappa shape index (κ3) is 3.89. The van der Waals surface area contributed by atoms with E-state index in [1.54, 1.807) is 29.1 Å². The van der Waals surface area contributed by atoms with Crippen molar-refractivity contribution in [1.29, 1.82) is 0 Å². The van der Waals surface area contributed by atoms with Crippen molar-refractivity contribution in [2.75, 3.05) is 5.32 Å². The van der Waals surface area contributed by atoms with Gasteiger partial charge in [0.1, 0.15) is 17.2 Å². The van der Waals surface area contributed by atoms with Crippen molar-refractivity contribution in [1.82, 2.24) is 15.0 Å². The Balaban J connectivity index is 1.35. The Morgan fingerprint density at radius 1 is 1.12 bits per heavy atom. The monoisotopic (exact) mass is 425 g/mol. The average molecular weight is 425 g/mol. The van der Waals surface area contributed by atoms with E-state index in [9.17, 15) is 4.79 Å². The lowest BCUT2D eigenvalue weighted by atomic mass is 10.2. The summed E-state index contributed by atoms with van der Waals surface area (Å²) in [6, 6.07) is 18.3. The van der Waals surface area contributed by atoms with Crippen molar-refractivity contribution in [2.24, 2.45) is 5.10 Å². The van der Waals surface area contributed by atoms with Crippen LogP contribution in [0.2, 0.25) is 0 Å². The number of fused-ring (bicyclic) bond motifs is 1. The largest absolute Gasteiger partial charge is 0.457 e. The van der Waals surface area contributed by atoms with Gasteiger partial charge in [-0.1, -0.05) is 12.1 Å². The van der Waals surface area contributed by atoms with E-state index in [-0.39, 0.29) is 6.03 Å². The van der Waals surface area contributed by atoms with Gasteiger partial charge in [0.25, 0.3) is 5.90 Å². The number of amides is 1. The Bertz CT molecular complexity index is 1390. The molecule has 0 atom stereocenters. The lowest BCUT2D eigenvalue weighted by Crippen LogP contribution is -2.18. The molecule has 1 amide bonds. The van der Waals surface area contributed by atoms with E-state index < -0.39 is 0 Å². The zero-order valence-electron chi connectivity index (χ0n) is 17.2. The van der Waals surface area contributed by atoms with Crippen LogP contribution in [0, 0.1) is 6.92 Å². The molecule has 0 unspecified atom stereocenters. The third-order valence-electron chi connectivity index (χ3n) is 4.84. The lowest BCUT2D eigenvalue weighted by molar-refractivity contribution is 0.254. The number of carbonyl (C=O) groups is 1. The second kappa shape index (κ2) is 7.92. The molecule has 8 heteroatoms. The van der Waals surface area contributed by atoms with Crippen LogP contribution in [0.3, 0.4) is 0 Å². The number of anilines is 1. The molecule has 0 saturated carbocycles. The molecule has 158 valence electrons. The summed E-state index contributed by atoms with van der Waals surface area (Å²) in [7, 11) is 0. The zero-order valence-corrected chi connectivity index (χ0v) is 17.2. The molecular weight excluding hydrogens is 406 g/mol. The quantitative estimate of drug-likeness (QED) is 0.482. The van der Waals surface area contributed by atoms with Gasteiger partial charge in [0.15, 0.2) is 0 Å². The van der Waals surface area contributed by atoms with E-state index in [0.29, 0.717) is 29.0 Å². The molecule has 2 aromatic carbocycles. The van der Waals surface area contributed by atoms with Crippen LogP contribution in [0.25, 0.3) is 10.9 Å². The standard InChI is InChI=1S/C24H19N5O3/c1-15-4-3-5-18(12-15)26-24(30)29-11-9-17-13-19(6-7-22(17)29)32-20-8-10-25-21(14-20)23-28-27-16(2)31-23/h3-14,27H,2H2,1H3,(H,26,30). The maximum atomic E-state index is 12.7. The Morgan fingerprint density at radius 3 is 2.81 bits per heavy atom. The molecule has 8 nitrogen and oxygen atoms in total. The number of pyridine rings is 1. The van der Waals surface area contributed by atoms with E-state index in [0.717, 1.165) is 22.2 Å². The first-order valence-corrected chi connectivity index (χ1v) is 9.89. The maximum Gasteiger partial charge on any atom is 0.330 e. The number of benzene rings is 2. The van der Waals surface area contributed by atoms with Gasteiger partial charge in [0.2, 0.25) is 5.88 Å². The summed E-state index contributed by atoms with van der Waals surface area (Å²) in [5.41, 5.74) is 5.77. The van der Waals surface area contributed by atoms with Gasteiger partial charge >= 0.3 is 6.03 Å². The number of aromatic nitrogens is 2. The predicted molar refractivity (Wildman–Crippen MR) is 122 cm³/mol. The van der Waals surface area contributed by atoms with Crippen molar-refractivity contribution >= 4 is 28.5 Å². The van der Waals surface area contributed by atoms with Crippen LogP contribution in [0.15, 0.2) is 90.6 Å². The second-order valence-corrected chi connectivity index (χ2v) is 7.24. The number of aryl methyl sites for hydroxylation is 1. The average Bonchev–Trinajstić information content (AvgIpc) is 3.40. The molecule has 2 aromatic heterocycles. The van der Waals surface area contributed by atoms with Crippen LogP contribution in [-0.4, -0.2) is 21.5 Å². The van der Waals surface area contributed by atoms with E-state index in [2.05, 4.69) is 27.4 Å². The van der Waals surface area contributed by atoms with Crippen molar-refractivity contribution in [2.45, 2.75) is 6.92 Å². The maximum absolute atomic E-state index is 12.7. The summed E-state index contributed by atoms with van der Waals surface area (Å²) < 4.78 is 12.9. The number of nitrogens with one attached hydrogen (secondary N) is 2. The van der Waals surface area contributed by atoms with Crippen molar-refractivity contribution < 1.29 is 14.3 Å². The molecule has 3 heterocycles. The molecule has 1 aliphatic rings. The van der Waals surface area contributed by atoms with Gasteiger partial charge in [-0.15, -0.1) is 5.10 Å². The molecule has 0 radical (unpaired) electrons. The second-order valence-electron chi connectivity index (χ2n) is 7.24. The predicted octanol–water partition coefficient (Wildman–Crippen LogP) is 4.97. The Hall–Kier alpha value is -4.59. The summed E-state index contributed by atoms with van der Waals surface area (Å²) in [6.07, 6.45) is 3.35. The fraction of sp³-hybridized carbons (Fsp3) is 0.0417. The van der Waals surface area contributed by atoms with Gasteiger partial charge in [0.05, 0.1) is 5.52 Å². The van der Waals surface area contributed by atoms with E-state index in [1.807, 2.05) is 55.5 Å². The van der Waals surface area contributed by atoms with Crippen LogP contribution < -0.4 is 15.5 Å². The van der Waals surface area contributed by atoms with E-state index in [4.69, 9.17) is 9.47 Å². The molecular formula is C24H19N5O3. The minimum absolute atomic E-state index is 0.231. The third-order valence-corrected chi connectivity index (χ3v) is 4.84. The van der Waals surface area contributed by atoms with Crippen molar-refractivity contribution in [3.63, 3.8) is 0 Å². The lowest BCUT2D eigenvalue weighted by Gasteiger charge is -2.09. The van der Waals surface area contributed by atoms with Gasteiger partial charge in [-0.25, -0.2) is 10.2 Å². The first-order valence-electron chi connectivity index (χ1n) is 9.89. The summed E-state index contributed by atoms with van der Waals surface area (Å²) in [6.45, 7) is 5.64. The Morgan fingerprint density at radius 2 is 2.00 bits per heavy atom. The molecule has 5 rings (SSSR count). The smallest absolute Gasteiger partial charge is 0.330 e. The van der Waals surface area contributed by atoms with Gasteiger partial charge in [-0.05, 0) is 61.5 Å². The van der Waals surface area contributed by atoms with Gasteiger partial charge in [-0.3, -0.25) is 9.55 Å². The topological polar surface area (TPSA) is 89.8 Å². The van der Waals surface area contributed by atoms with Gasteiger partial charge < -0.3 is 14.8 Å². The normalized spacial score (nSPS) is 12.8. The minimum Gasteiger partial charge on any atom is -0.457 e. The highest BCUT2D eigenvalue weighted by atomic mass is 16.5. The highest BCUT2D eigenvalue weighted by molar-refractivity contribution is 5.99. The molecule has 0 spiro atoms. The highest BCUT2D eigenvalue weighted by Gasteiger charge is 2.16. The molecule has 1 aliphatic heterocycles. The zero-order chi connectivity index (χ0) is 22.1. The number of hydrogen-bond donors (Lipinski definition) is 2. The van der Waals surface area contributed by atoms with Crippen molar-refractivity contribution in [3.05, 3.63) is 96.8 Å². The molecule has 2 N–H and O–H groups in total. The Kier molecular flexibility index (Phi) is 4.79. The van der Waals surface area contributed by atoms with Crippen LogP contribution in [0.1, 0.15) is 11.3 Å². The van der Waals surface area contributed by atoms with Crippen LogP contribution >= 0.6 is 0 Å². The number of rotatable bonds is 4. The molecule has 0 bridgehead atoms. The van der Waals surface area contributed by atoms with E-state index in [1.165, 1.54) is 0 Å². The molecule has 0 aliphatic carbocycles. The number of carbonyl (C=O) groups excluding carboxylic acids is 1. The molecule has 0 saturated heterocycles. The van der Waals surface area contributed by atoms with Crippen LogP contribution in [-0.2, 0) is 4.74 Å². The number of hydrazone groups is 1. The number of nitrogens with zero attached hydrogens (tertiary/aromatic N) is 3. The van der Waals surface area contributed by atoms with Crippen molar-refractivity contribution in [3.8, 4) is 11.5 Å². The first kappa shape index (κ1) is 19.4. The molecule has 4 aromatic rings. The number of ether oxygens (including phenoxy) is 2. The highest BCUT2D eigenvalue weighted by Crippen LogP contribution is 2.27. The Labute approximate surface area is 183 Å². The summed E-state index contributed by atoms with van der Waals surface area (Å²) in [4.78, 5) is 17.0. The number of hydrogen-bond acceptors (Lipinski definition) is 6. The van der Waals surface area contributed by atoms with Crippen LogP contribution in [0.5, 0.6) is 11.5 Å². The van der Waals surface area contributed by atoms with Gasteiger partial charge in [-0.2, -0.15) is 0 Å². The fourth-order valence-corrected chi connectivity index (χ4v) is 3.38. The van der Waals surface area contributed by atoms with Crippen LogP contribution in [0.4, 0.5) is 10.5 Å². The molecule has 0 fully saturated rings. The SMILES string of the molecule is C=C1NN=C(c2cc(Oc3ccc4c(ccn4C(=O)Nc4cccc(C)c4)c3)ccn2)O1.